The Morgan fingerprint density at radius 2 is 2.19 bits per heavy atom. The number of thiophene rings is 1. The smallest absolute Gasteiger partial charge is 0.230 e. The van der Waals surface area contributed by atoms with Crippen molar-refractivity contribution < 1.29 is 4.79 Å². The van der Waals surface area contributed by atoms with Crippen molar-refractivity contribution >= 4 is 40.6 Å². The van der Waals surface area contributed by atoms with E-state index in [0.29, 0.717) is 5.02 Å². The SMILES string of the molecule is C[C@@H](NC(=O)CSc1nnc(Cc2cccs2)n1C)c1cccc(Cl)c1. The van der Waals surface area contributed by atoms with Crippen LogP contribution in [0, 0.1) is 0 Å². The van der Waals surface area contributed by atoms with E-state index in [9.17, 15) is 4.79 Å². The van der Waals surface area contributed by atoms with Gasteiger partial charge in [-0.05, 0) is 36.1 Å². The number of amides is 1. The number of nitrogens with one attached hydrogen (secondary N) is 1. The summed E-state index contributed by atoms with van der Waals surface area (Å²) in [4.78, 5) is 13.5. The van der Waals surface area contributed by atoms with Gasteiger partial charge in [-0.3, -0.25) is 4.79 Å². The molecule has 0 saturated heterocycles. The maximum Gasteiger partial charge on any atom is 0.230 e. The molecule has 3 aromatic rings. The number of thioether (sulfide) groups is 1. The first-order valence-electron chi connectivity index (χ1n) is 8.11. The Morgan fingerprint density at radius 3 is 2.92 bits per heavy atom. The van der Waals surface area contributed by atoms with Crippen LogP contribution >= 0.6 is 34.7 Å². The van der Waals surface area contributed by atoms with E-state index < -0.39 is 0 Å². The number of nitrogens with zero attached hydrogens (tertiary/aromatic N) is 3. The van der Waals surface area contributed by atoms with E-state index in [1.807, 2.05) is 54.3 Å². The van der Waals surface area contributed by atoms with Gasteiger partial charge in [0.15, 0.2) is 5.16 Å². The number of carbonyl (C=O) groups excluding carboxylic acids is 1. The minimum Gasteiger partial charge on any atom is -0.349 e. The average Bonchev–Trinajstić information content (AvgIpc) is 3.24. The van der Waals surface area contributed by atoms with E-state index in [0.717, 1.165) is 23.0 Å². The van der Waals surface area contributed by atoms with Crippen LogP contribution in [0.25, 0.3) is 0 Å². The second-order valence-corrected chi connectivity index (χ2v) is 8.26. The van der Waals surface area contributed by atoms with Gasteiger partial charge in [0.2, 0.25) is 5.91 Å². The van der Waals surface area contributed by atoms with E-state index in [1.54, 1.807) is 11.3 Å². The summed E-state index contributed by atoms with van der Waals surface area (Å²) >= 11 is 9.08. The molecular formula is C18H19ClN4OS2. The van der Waals surface area contributed by atoms with Crippen LogP contribution < -0.4 is 5.32 Å². The van der Waals surface area contributed by atoms with Gasteiger partial charge in [0.25, 0.3) is 0 Å². The van der Waals surface area contributed by atoms with Gasteiger partial charge in [0.1, 0.15) is 5.82 Å². The van der Waals surface area contributed by atoms with Crippen molar-refractivity contribution in [1.29, 1.82) is 0 Å². The summed E-state index contributed by atoms with van der Waals surface area (Å²) in [6.07, 6.45) is 0.750. The second-order valence-electron chi connectivity index (χ2n) is 5.85. The highest BCUT2D eigenvalue weighted by Gasteiger charge is 2.14. The lowest BCUT2D eigenvalue weighted by Crippen LogP contribution is -2.28. The molecule has 2 heterocycles. The van der Waals surface area contributed by atoms with Crippen molar-refractivity contribution in [3.63, 3.8) is 0 Å². The van der Waals surface area contributed by atoms with Crippen molar-refractivity contribution in [3.8, 4) is 0 Å². The third-order valence-corrected chi connectivity index (χ3v) is 6.03. The van der Waals surface area contributed by atoms with Gasteiger partial charge in [0.05, 0.1) is 11.8 Å². The summed E-state index contributed by atoms with van der Waals surface area (Å²) in [6, 6.07) is 11.5. The fraction of sp³-hybridized carbons (Fsp3) is 0.278. The fourth-order valence-corrected chi connectivity index (χ4v) is 4.11. The molecule has 1 atom stereocenters. The molecule has 1 N–H and O–H groups in total. The van der Waals surface area contributed by atoms with Crippen LogP contribution in [-0.4, -0.2) is 26.4 Å². The van der Waals surface area contributed by atoms with Gasteiger partial charge >= 0.3 is 0 Å². The molecule has 0 fully saturated rings. The van der Waals surface area contributed by atoms with Gasteiger partial charge < -0.3 is 9.88 Å². The summed E-state index contributed by atoms with van der Waals surface area (Å²) in [5.41, 5.74) is 0.979. The molecule has 8 heteroatoms. The molecular weight excluding hydrogens is 388 g/mol. The highest BCUT2D eigenvalue weighted by Crippen LogP contribution is 2.20. The molecule has 0 bridgehead atoms. The van der Waals surface area contributed by atoms with Crippen LogP contribution in [-0.2, 0) is 18.3 Å². The maximum atomic E-state index is 12.2. The number of halogens is 1. The predicted octanol–water partition coefficient (Wildman–Crippen LogP) is 4.09. The molecule has 26 heavy (non-hydrogen) atoms. The summed E-state index contributed by atoms with van der Waals surface area (Å²) < 4.78 is 1.94. The van der Waals surface area contributed by atoms with E-state index >= 15 is 0 Å². The maximum absolute atomic E-state index is 12.2. The van der Waals surface area contributed by atoms with E-state index in [2.05, 4.69) is 21.6 Å². The van der Waals surface area contributed by atoms with Crippen LogP contribution in [0.15, 0.2) is 46.9 Å². The quantitative estimate of drug-likeness (QED) is 0.600. The zero-order valence-electron chi connectivity index (χ0n) is 14.5. The Bertz CT molecular complexity index is 879. The highest BCUT2D eigenvalue weighted by molar-refractivity contribution is 7.99. The topological polar surface area (TPSA) is 59.8 Å². The van der Waals surface area contributed by atoms with E-state index in [1.165, 1.54) is 16.6 Å². The number of benzene rings is 1. The summed E-state index contributed by atoms with van der Waals surface area (Å²) in [6.45, 7) is 1.94. The summed E-state index contributed by atoms with van der Waals surface area (Å²) in [5, 5.41) is 14.9. The molecule has 0 spiro atoms. The second kappa shape index (κ2) is 8.70. The Labute approximate surface area is 165 Å². The third kappa shape index (κ3) is 4.87. The molecule has 0 saturated carbocycles. The average molecular weight is 407 g/mol. The first-order valence-corrected chi connectivity index (χ1v) is 10.4. The molecule has 0 radical (unpaired) electrons. The molecule has 0 aliphatic heterocycles. The molecule has 1 aromatic carbocycles. The zero-order valence-corrected chi connectivity index (χ0v) is 16.9. The molecule has 3 rings (SSSR count). The van der Waals surface area contributed by atoms with Crippen LogP contribution in [0.5, 0.6) is 0 Å². The summed E-state index contributed by atoms with van der Waals surface area (Å²) in [5.74, 6) is 1.13. The van der Waals surface area contributed by atoms with Crippen LogP contribution in [0.3, 0.4) is 0 Å². The monoisotopic (exact) mass is 406 g/mol. The van der Waals surface area contributed by atoms with Crippen molar-refractivity contribution in [1.82, 2.24) is 20.1 Å². The number of hydrogen-bond donors (Lipinski definition) is 1. The fourth-order valence-electron chi connectivity index (χ4n) is 2.47. The lowest BCUT2D eigenvalue weighted by Gasteiger charge is -2.14. The number of hydrogen-bond acceptors (Lipinski definition) is 5. The normalized spacial score (nSPS) is 12.1. The Kier molecular flexibility index (Phi) is 6.34. The van der Waals surface area contributed by atoms with E-state index in [4.69, 9.17) is 11.6 Å². The largest absolute Gasteiger partial charge is 0.349 e. The van der Waals surface area contributed by atoms with Crippen LogP contribution in [0.4, 0.5) is 0 Å². The highest BCUT2D eigenvalue weighted by atomic mass is 35.5. The van der Waals surface area contributed by atoms with Crippen molar-refractivity contribution in [2.24, 2.45) is 7.05 Å². The Balaban J connectivity index is 1.54. The Hall–Kier alpha value is -1.83. The van der Waals surface area contributed by atoms with Crippen LogP contribution in [0.2, 0.25) is 5.02 Å². The first kappa shape index (κ1) is 18.9. The van der Waals surface area contributed by atoms with Crippen LogP contribution in [0.1, 0.15) is 29.2 Å². The standard InChI is InChI=1S/C18H19ClN4OS2/c1-12(13-5-3-6-14(19)9-13)20-17(24)11-26-18-22-21-16(23(18)2)10-15-7-4-8-25-15/h3-9,12H,10-11H2,1-2H3,(H,20,24)/t12-/m1/s1. The molecule has 0 unspecified atom stereocenters. The number of aromatic nitrogens is 3. The third-order valence-electron chi connectivity index (χ3n) is 3.90. The van der Waals surface area contributed by atoms with Gasteiger partial charge in [-0.25, -0.2) is 0 Å². The van der Waals surface area contributed by atoms with Crippen molar-refractivity contribution in [3.05, 3.63) is 63.1 Å². The lowest BCUT2D eigenvalue weighted by atomic mass is 10.1. The first-order chi connectivity index (χ1) is 12.5. The summed E-state index contributed by atoms with van der Waals surface area (Å²) in [7, 11) is 1.93. The molecule has 1 amide bonds. The molecule has 5 nitrogen and oxygen atoms in total. The molecule has 0 aliphatic carbocycles. The van der Waals surface area contributed by atoms with Crippen molar-refractivity contribution in [2.75, 3.05) is 5.75 Å². The molecule has 2 aromatic heterocycles. The minimum atomic E-state index is -0.101. The minimum absolute atomic E-state index is 0.0507. The predicted molar refractivity (Wildman–Crippen MR) is 107 cm³/mol. The van der Waals surface area contributed by atoms with E-state index in [-0.39, 0.29) is 17.7 Å². The number of rotatable bonds is 7. The lowest BCUT2D eigenvalue weighted by molar-refractivity contribution is -0.119. The van der Waals surface area contributed by atoms with Crippen molar-refractivity contribution in [2.45, 2.75) is 24.5 Å². The van der Waals surface area contributed by atoms with Gasteiger partial charge in [0, 0.05) is 23.4 Å². The number of carbonyl (C=O) groups is 1. The zero-order chi connectivity index (χ0) is 18.5. The van der Waals surface area contributed by atoms with Gasteiger partial charge in [-0.2, -0.15) is 0 Å². The molecule has 0 aliphatic rings. The Morgan fingerprint density at radius 1 is 1.35 bits per heavy atom. The van der Waals surface area contributed by atoms with Gasteiger partial charge in [-0.15, -0.1) is 21.5 Å². The molecule has 136 valence electrons. The van der Waals surface area contributed by atoms with Gasteiger partial charge in [-0.1, -0.05) is 41.6 Å².